The van der Waals surface area contributed by atoms with Crippen LogP contribution in [0.15, 0.2) is 18.2 Å². The van der Waals surface area contributed by atoms with Crippen LogP contribution in [0.3, 0.4) is 0 Å². The van der Waals surface area contributed by atoms with E-state index < -0.39 is 29.4 Å². The van der Waals surface area contributed by atoms with Crippen LogP contribution in [-0.4, -0.2) is 100 Å². The van der Waals surface area contributed by atoms with E-state index in [1.165, 1.54) is 0 Å². The third kappa shape index (κ3) is 16.2. The fourth-order valence-corrected chi connectivity index (χ4v) is 5.45. The van der Waals surface area contributed by atoms with Gasteiger partial charge in [0.05, 0.1) is 31.3 Å². The summed E-state index contributed by atoms with van der Waals surface area (Å²) in [5, 5.41) is 14.0. The van der Waals surface area contributed by atoms with Crippen LogP contribution in [-0.2, 0) is 25.5 Å². The van der Waals surface area contributed by atoms with Gasteiger partial charge in [0.2, 0.25) is 11.8 Å². The van der Waals surface area contributed by atoms with Gasteiger partial charge in [-0.2, -0.15) is 0 Å². The smallest absolute Gasteiger partial charge is 0.224 e. The number of aliphatic hydroxyl groups excluding tert-OH is 1. The Morgan fingerprint density at radius 3 is 2.23 bits per heavy atom. The maximum Gasteiger partial charge on any atom is 0.224 e. The second kappa shape index (κ2) is 23.5. The Hall–Kier alpha value is -1.86. The molecule has 1 aliphatic rings. The minimum absolute atomic E-state index is 0. The van der Waals surface area contributed by atoms with Crippen molar-refractivity contribution in [1.82, 2.24) is 10.2 Å². The molecule has 0 saturated carbocycles. The van der Waals surface area contributed by atoms with E-state index in [-0.39, 0.29) is 55.5 Å². The highest BCUT2D eigenvalue weighted by Crippen LogP contribution is 2.32. The first-order valence-corrected chi connectivity index (χ1v) is 16.9. The molecule has 1 heterocycles. The van der Waals surface area contributed by atoms with E-state index in [1.54, 1.807) is 21.0 Å². The number of carbonyl (C=O) groups excluding carboxylic acids is 2. The SMILES string of the molecule is COCCCOc1cc(C[C@@H](C[C@H](N)[C@@H](O)C[C@H](C(=O)NCC(C)(C)C(N)=O)C(C)C)C(C)C)ccc1OCCN1CCOCC1.Cl.Cl. The van der Waals surface area contributed by atoms with Gasteiger partial charge >= 0.3 is 0 Å². The number of nitrogens with one attached hydrogen (secondary N) is 1. The van der Waals surface area contributed by atoms with Gasteiger partial charge in [-0.1, -0.05) is 33.8 Å². The van der Waals surface area contributed by atoms with Gasteiger partial charge < -0.3 is 40.8 Å². The van der Waals surface area contributed by atoms with Crippen molar-refractivity contribution in [2.24, 2.45) is 40.6 Å². The lowest BCUT2D eigenvalue weighted by atomic mass is 9.80. The van der Waals surface area contributed by atoms with Crippen LogP contribution in [0.5, 0.6) is 11.5 Å². The maximum atomic E-state index is 13.0. The van der Waals surface area contributed by atoms with Crippen LogP contribution in [0, 0.1) is 29.1 Å². The molecule has 0 aliphatic carbocycles. The fraction of sp³-hybridized carbons (Fsp3) is 0.771. The van der Waals surface area contributed by atoms with Crippen molar-refractivity contribution in [3.8, 4) is 11.5 Å². The standard InChI is InChI=1S/C35H62N4O7.2ClH/c1-24(2)27(21-29(36)30(40)22-28(25(3)4)33(41)38-23-35(5,6)34(37)42)19-26-9-10-31(32(20-26)45-15-8-14-43-7)46-18-13-39-11-16-44-17-12-39;;/h9-10,20,24-25,27-30,40H,8,11-19,21-23,36H2,1-7H3,(H2,37,42)(H,38,41);2*1H/t27-,28-,29-,30-;;/m0../s1. The highest BCUT2D eigenvalue weighted by atomic mass is 35.5. The van der Waals surface area contributed by atoms with Crippen molar-refractivity contribution in [1.29, 1.82) is 0 Å². The van der Waals surface area contributed by atoms with Gasteiger partial charge in [-0.25, -0.2) is 0 Å². The largest absolute Gasteiger partial charge is 0.490 e. The second-order valence-electron chi connectivity index (χ2n) is 14.0. The molecule has 280 valence electrons. The third-order valence-corrected chi connectivity index (χ3v) is 9.05. The highest BCUT2D eigenvalue weighted by Gasteiger charge is 2.32. The van der Waals surface area contributed by atoms with E-state index in [1.807, 2.05) is 19.9 Å². The Labute approximate surface area is 301 Å². The zero-order valence-electron chi connectivity index (χ0n) is 30.2. The third-order valence-electron chi connectivity index (χ3n) is 9.05. The first-order valence-electron chi connectivity index (χ1n) is 16.9. The number of morpholine rings is 1. The summed E-state index contributed by atoms with van der Waals surface area (Å²) in [4.78, 5) is 27.1. The lowest BCUT2D eigenvalue weighted by Gasteiger charge is -2.30. The number of rotatable bonds is 22. The number of aliphatic hydroxyl groups is 1. The van der Waals surface area contributed by atoms with E-state index in [0.717, 1.165) is 57.0 Å². The number of benzene rings is 1. The number of hydrogen-bond acceptors (Lipinski definition) is 9. The van der Waals surface area contributed by atoms with Crippen molar-refractivity contribution >= 4 is 36.6 Å². The summed E-state index contributed by atoms with van der Waals surface area (Å²) < 4.78 is 23.0. The van der Waals surface area contributed by atoms with E-state index >= 15 is 0 Å². The molecule has 1 aliphatic heterocycles. The molecule has 2 rings (SSSR count). The van der Waals surface area contributed by atoms with Gasteiger partial charge in [-0.15, -0.1) is 24.8 Å². The van der Waals surface area contributed by atoms with Gasteiger partial charge in [-0.3, -0.25) is 14.5 Å². The quantitative estimate of drug-likeness (QED) is 0.131. The summed E-state index contributed by atoms with van der Waals surface area (Å²) in [7, 11) is 1.68. The number of primary amides is 1. The molecule has 2 amide bonds. The first kappa shape index (κ1) is 46.1. The zero-order chi connectivity index (χ0) is 34.3. The van der Waals surface area contributed by atoms with Crippen LogP contribution >= 0.6 is 24.8 Å². The molecule has 48 heavy (non-hydrogen) atoms. The molecule has 0 unspecified atom stereocenters. The predicted octanol–water partition coefficient (Wildman–Crippen LogP) is 3.84. The Morgan fingerprint density at radius 2 is 1.65 bits per heavy atom. The number of carbonyl (C=O) groups is 2. The van der Waals surface area contributed by atoms with Crippen molar-refractivity contribution in [3.63, 3.8) is 0 Å². The Kier molecular flexibility index (Phi) is 22.6. The number of amides is 2. The lowest BCUT2D eigenvalue weighted by molar-refractivity contribution is -0.130. The molecule has 4 atom stereocenters. The summed E-state index contributed by atoms with van der Waals surface area (Å²) >= 11 is 0. The van der Waals surface area contributed by atoms with E-state index in [9.17, 15) is 14.7 Å². The highest BCUT2D eigenvalue weighted by molar-refractivity contribution is 5.85. The minimum atomic E-state index is -0.862. The van der Waals surface area contributed by atoms with E-state index in [4.69, 9.17) is 30.4 Å². The molecule has 6 N–H and O–H groups in total. The molecular weight excluding hydrogens is 659 g/mol. The van der Waals surface area contributed by atoms with Crippen molar-refractivity contribution in [2.75, 3.05) is 66.3 Å². The lowest BCUT2D eigenvalue weighted by Crippen LogP contribution is -2.46. The molecule has 0 aromatic heterocycles. The van der Waals surface area contributed by atoms with Crippen molar-refractivity contribution in [2.45, 2.75) is 79.4 Å². The molecule has 1 aromatic rings. The summed E-state index contributed by atoms with van der Waals surface area (Å²) in [6.45, 7) is 17.6. The summed E-state index contributed by atoms with van der Waals surface area (Å²) in [5.41, 5.74) is 12.3. The van der Waals surface area contributed by atoms with Gasteiger partial charge in [-0.05, 0) is 68.6 Å². The minimum Gasteiger partial charge on any atom is -0.490 e. The van der Waals surface area contributed by atoms with Crippen molar-refractivity contribution < 1.29 is 33.6 Å². The topological polar surface area (TPSA) is 159 Å². The van der Waals surface area contributed by atoms with E-state index in [2.05, 4.69) is 36.2 Å². The number of halogens is 2. The maximum absolute atomic E-state index is 13.0. The van der Waals surface area contributed by atoms with Crippen LogP contribution in [0.25, 0.3) is 0 Å². The molecule has 0 spiro atoms. The normalized spacial score (nSPS) is 16.3. The monoisotopic (exact) mass is 722 g/mol. The molecule has 1 saturated heterocycles. The van der Waals surface area contributed by atoms with Crippen molar-refractivity contribution in [3.05, 3.63) is 23.8 Å². The molecule has 0 bridgehead atoms. The molecule has 11 nitrogen and oxygen atoms in total. The average Bonchev–Trinajstić information content (AvgIpc) is 3.01. The number of hydrogen-bond donors (Lipinski definition) is 4. The van der Waals surface area contributed by atoms with Gasteiger partial charge in [0.15, 0.2) is 11.5 Å². The summed E-state index contributed by atoms with van der Waals surface area (Å²) in [6, 6.07) is 5.62. The molecule has 1 aromatic carbocycles. The van der Waals surface area contributed by atoms with Crippen LogP contribution in [0.4, 0.5) is 0 Å². The van der Waals surface area contributed by atoms with Gasteiger partial charge in [0.25, 0.3) is 0 Å². The Balaban J connectivity index is 0.0000110. The zero-order valence-corrected chi connectivity index (χ0v) is 31.8. The molecular formula is C35H64Cl2N4O7. The summed E-state index contributed by atoms with van der Waals surface area (Å²) in [6.07, 6.45) is 1.51. The molecule has 1 fully saturated rings. The number of nitrogens with zero attached hydrogens (tertiary/aromatic N) is 1. The van der Waals surface area contributed by atoms with Gasteiger partial charge in [0, 0.05) is 58.3 Å². The average molecular weight is 724 g/mol. The van der Waals surface area contributed by atoms with E-state index in [0.29, 0.717) is 37.9 Å². The Morgan fingerprint density at radius 1 is 1.00 bits per heavy atom. The number of nitrogens with two attached hydrogens (primary N) is 2. The fourth-order valence-electron chi connectivity index (χ4n) is 5.45. The number of methoxy groups -OCH3 is 1. The Bertz CT molecular complexity index is 1060. The molecule has 0 radical (unpaired) electrons. The second-order valence-corrected chi connectivity index (χ2v) is 14.0. The van der Waals surface area contributed by atoms with Crippen LogP contribution in [0.1, 0.15) is 66.4 Å². The van der Waals surface area contributed by atoms with Crippen LogP contribution in [0.2, 0.25) is 0 Å². The van der Waals surface area contributed by atoms with Crippen LogP contribution < -0.4 is 26.3 Å². The number of ether oxygens (including phenoxy) is 4. The predicted molar refractivity (Wildman–Crippen MR) is 195 cm³/mol. The first-order chi connectivity index (χ1) is 21.7. The molecule has 13 heteroatoms. The summed E-state index contributed by atoms with van der Waals surface area (Å²) in [5.74, 6) is 0.795. The van der Waals surface area contributed by atoms with Gasteiger partial charge in [0.1, 0.15) is 6.61 Å².